The molecule has 0 aromatic heterocycles. The molecule has 0 aromatic carbocycles. The molecule has 4 rings (SSSR count). The minimum absolute atomic E-state index is 0.00000601. The van der Waals surface area contributed by atoms with Crippen LogP contribution < -0.4 is 0 Å². The van der Waals surface area contributed by atoms with Crippen molar-refractivity contribution in [3.05, 3.63) is 0 Å². The monoisotopic (exact) mass is 432 g/mol. The third-order valence-corrected chi connectivity index (χ3v) is 8.21. The van der Waals surface area contributed by atoms with E-state index in [2.05, 4.69) is 6.92 Å². The summed E-state index contributed by atoms with van der Waals surface area (Å²) in [6.45, 7) is 2.27. The maximum Gasteiger partial charge on any atom is 0.313 e. The minimum Gasteiger partial charge on any atom is -0.459 e. The molecule has 0 N–H and O–H groups in total. The highest BCUT2D eigenvalue weighted by atomic mass is 16.6. The van der Waals surface area contributed by atoms with Crippen LogP contribution in [0.2, 0.25) is 0 Å². The van der Waals surface area contributed by atoms with E-state index in [0.29, 0.717) is 6.42 Å². The Hall–Kier alpha value is -0.860. The van der Waals surface area contributed by atoms with Gasteiger partial charge in [0, 0.05) is 6.42 Å². The first kappa shape index (κ1) is 24.8. The minimum atomic E-state index is -0.248. The molecule has 4 saturated carbocycles. The molecule has 0 aliphatic heterocycles. The van der Waals surface area contributed by atoms with Crippen molar-refractivity contribution in [1.82, 2.24) is 0 Å². The van der Waals surface area contributed by atoms with Crippen molar-refractivity contribution in [3.8, 4) is 0 Å². The first-order valence-electron chi connectivity index (χ1n) is 13.8. The molecule has 0 heterocycles. The number of hydrogen-bond donors (Lipinski definition) is 0. The van der Waals surface area contributed by atoms with E-state index in [9.17, 15) is 9.59 Å². The summed E-state index contributed by atoms with van der Waals surface area (Å²) in [4.78, 5) is 24.7. The van der Waals surface area contributed by atoms with Gasteiger partial charge < -0.3 is 4.74 Å². The van der Waals surface area contributed by atoms with Crippen LogP contribution in [0.4, 0.5) is 0 Å². The van der Waals surface area contributed by atoms with E-state index in [1.54, 1.807) is 0 Å². The Labute approximate surface area is 191 Å². The predicted octanol–water partition coefficient (Wildman–Crippen LogP) is 7.94. The summed E-state index contributed by atoms with van der Waals surface area (Å²) < 4.78 is 5.98. The van der Waals surface area contributed by atoms with Crippen LogP contribution in [0.3, 0.4) is 0 Å². The molecule has 0 unspecified atom stereocenters. The zero-order valence-corrected chi connectivity index (χ0v) is 20.3. The van der Waals surface area contributed by atoms with Crippen LogP contribution in [0.5, 0.6) is 0 Å². The summed E-state index contributed by atoms with van der Waals surface area (Å²) in [5.41, 5.74) is -0.207. The average molecular weight is 433 g/mol. The second-order valence-corrected chi connectivity index (χ2v) is 11.3. The van der Waals surface area contributed by atoms with E-state index in [-0.39, 0.29) is 23.8 Å². The summed E-state index contributed by atoms with van der Waals surface area (Å²) >= 11 is 0. The second kappa shape index (κ2) is 13.0. The van der Waals surface area contributed by atoms with E-state index < -0.39 is 0 Å². The van der Waals surface area contributed by atoms with Gasteiger partial charge in [0.1, 0.15) is 17.8 Å². The Kier molecular flexibility index (Phi) is 10.4. The molecule has 4 bridgehead atoms. The fraction of sp³-hybridized carbons (Fsp3) is 0.929. The van der Waals surface area contributed by atoms with Crippen LogP contribution in [0.1, 0.15) is 142 Å². The fourth-order valence-corrected chi connectivity index (χ4v) is 7.02. The lowest BCUT2D eigenvalue weighted by atomic mass is 9.54. The number of carbonyl (C=O) groups excluding carboxylic acids is 2. The lowest BCUT2D eigenvalue weighted by Gasteiger charge is -2.55. The molecule has 0 saturated heterocycles. The number of ether oxygens (including phenoxy) is 1. The van der Waals surface area contributed by atoms with E-state index in [1.807, 2.05) is 0 Å². The third kappa shape index (κ3) is 8.54. The molecule has 3 heteroatoms. The Morgan fingerprint density at radius 3 is 1.55 bits per heavy atom. The maximum atomic E-state index is 12.4. The highest BCUT2D eigenvalue weighted by Crippen LogP contribution is 2.57. The topological polar surface area (TPSA) is 43.4 Å². The van der Waals surface area contributed by atoms with Gasteiger partial charge in [0.05, 0.1) is 0 Å². The SMILES string of the molecule is CCCCCCCCCCCCCCCC(=O)CC(=O)OC12CC3CC(CC(C3)C1)C2. The summed E-state index contributed by atoms with van der Waals surface area (Å²) in [7, 11) is 0. The smallest absolute Gasteiger partial charge is 0.313 e. The van der Waals surface area contributed by atoms with Crippen LogP contribution in [-0.4, -0.2) is 17.4 Å². The summed E-state index contributed by atoms with van der Waals surface area (Å²) in [6, 6.07) is 0. The van der Waals surface area contributed by atoms with E-state index in [4.69, 9.17) is 4.74 Å². The molecule has 4 aliphatic rings. The third-order valence-electron chi connectivity index (χ3n) is 8.21. The van der Waals surface area contributed by atoms with Crippen LogP contribution >= 0.6 is 0 Å². The lowest BCUT2D eigenvalue weighted by molar-refractivity contribution is -0.186. The fourth-order valence-electron chi connectivity index (χ4n) is 7.02. The molecular weight excluding hydrogens is 384 g/mol. The lowest BCUT2D eigenvalue weighted by Crippen LogP contribution is -2.52. The van der Waals surface area contributed by atoms with Gasteiger partial charge in [0.15, 0.2) is 0 Å². The molecule has 0 atom stereocenters. The van der Waals surface area contributed by atoms with Gasteiger partial charge in [-0.2, -0.15) is 0 Å². The molecule has 0 amide bonds. The summed E-state index contributed by atoms with van der Waals surface area (Å²) in [5, 5.41) is 0. The number of rotatable bonds is 17. The van der Waals surface area contributed by atoms with Crippen LogP contribution in [0.15, 0.2) is 0 Å². The van der Waals surface area contributed by atoms with Crippen molar-refractivity contribution in [2.75, 3.05) is 0 Å². The van der Waals surface area contributed by atoms with Gasteiger partial charge in [-0.05, 0) is 62.7 Å². The largest absolute Gasteiger partial charge is 0.459 e. The second-order valence-electron chi connectivity index (χ2n) is 11.3. The molecule has 0 radical (unpaired) electrons. The molecule has 0 aromatic rings. The Morgan fingerprint density at radius 1 is 0.677 bits per heavy atom. The van der Waals surface area contributed by atoms with E-state index >= 15 is 0 Å². The zero-order valence-electron chi connectivity index (χ0n) is 20.3. The first-order valence-corrected chi connectivity index (χ1v) is 13.8. The van der Waals surface area contributed by atoms with Gasteiger partial charge in [0.25, 0.3) is 0 Å². The van der Waals surface area contributed by atoms with E-state index in [0.717, 1.165) is 49.9 Å². The number of Topliss-reactive ketones (excluding diaryl/α,β-unsaturated/α-hetero) is 1. The number of hydrogen-bond acceptors (Lipinski definition) is 3. The zero-order chi connectivity index (χ0) is 21.9. The standard InChI is InChI=1S/C28H48O3/c1-2-3-4-5-6-7-8-9-10-11-12-13-14-15-26(29)19-27(30)31-28-20-23-16-24(21-28)18-25(17-23)22-28/h23-25H,2-22H2,1H3. The maximum absolute atomic E-state index is 12.4. The quantitative estimate of drug-likeness (QED) is 0.133. The number of esters is 1. The van der Waals surface area contributed by atoms with Gasteiger partial charge in [-0.3, -0.25) is 9.59 Å². The highest BCUT2D eigenvalue weighted by molar-refractivity contribution is 5.95. The van der Waals surface area contributed by atoms with Crippen molar-refractivity contribution in [1.29, 1.82) is 0 Å². The number of carbonyl (C=O) groups is 2. The van der Waals surface area contributed by atoms with Crippen molar-refractivity contribution in [2.45, 2.75) is 147 Å². The molecule has 178 valence electrons. The molecular formula is C28H48O3. The Bertz CT molecular complexity index is 517. The van der Waals surface area contributed by atoms with Gasteiger partial charge >= 0.3 is 5.97 Å². The van der Waals surface area contributed by atoms with Crippen molar-refractivity contribution in [3.63, 3.8) is 0 Å². The molecule has 3 nitrogen and oxygen atoms in total. The highest BCUT2D eigenvalue weighted by Gasteiger charge is 2.53. The van der Waals surface area contributed by atoms with Crippen LogP contribution in [0.25, 0.3) is 0 Å². The number of ketones is 1. The van der Waals surface area contributed by atoms with Crippen LogP contribution in [-0.2, 0) is 14.3 Å². The van der Waals surface area contributed by atoms with Crippen LogP contribution in [0, 0.1) is 17.8 Å². The average Bonchev–Trinajstić information content (AvgIpc) is 2.70. The van der Waals surface area contributed by atoms with Gasteiger partial charge in [-0.1, -0.05) is 84.0 Å². The summed E-state index contributed by atoms with van der Waals surface area (Å²) in [6.07, 6.45) is 24.7. The Morgan fingerprint density at radius 2 is 1.10 bits per heavy atom. The van der Waals surface area contributed by atoms with Gasteiger partial charge in [-0.15, -0.1) is 0 Å². The molecule has 31 heavy (non-hydrogen) atoms. The first-order chi connectivity index (χ1) is 15.1. The normalized spacial score (nSPS) is 28.7. The van der Waals surface area contributed by atoms with Crippen molar-refractivity contribution in [2.24, 2.45) is 17.8 Å². The Balaban J connectivity index is 1.15. The van der Waals surface area contributed by atoms with E-state index in [1.165, 1.54) is 89.9 Å². The van der Waals surface area contributed by atoms with Crippen molar-refractivity contribution < 1.29 is 14.3 Å². The summed E-state index contributed by atoms with van der Waals surface area (Å²) in [5.74, 6) is 2.13. The van der Waals surface area contributed by atoms with Gasteiger partial charge in [-0.25, -0.2) is 0 Å². The number of unbranched alkanes of at least 4 members (excludes halogenated alkanes) is 12. The molecule has 0 spiro atoms. The molecule has 4 aliphatic carbocycles. The molecule has 4 fully saturated rings. The van der Waals surface area contributed by atoms with Gasteiger partial charge in [0.2, 0.25) is 0 Å². The van der Waals surface area contributed by atoms with Crippen molar-refractivity contribution >= 4 is 11.8 Å². The predicted molar refractivity (Wildman–Crippen MR) is 127 cm³/mol.